The Labute approximate surface area is 160 Å². The molecule has 0 saturated heterocycles. The summed E-state index contributed by atoms with van der Waals surface area (Å²) in [5.41, 5.74) is 3.18. The first-order valence-electron chi connectivity index (χ1n) is 8.78. The Morgan fingerprint density at radius 1 is 1.16 bits per heavy atom. The van der Waals surface area contributed by atoms with Crippen molar-refractivity contribution in [3.8, 4) is 11.3 Å². The van der Waals surface area contributed by atoms with Gasteiger partial charge in [0.25, 0.3) is 0 Å². The van der Waals surface area contributed by atoms with E-state index in [2.05, 4.69) is 53.2 Å². The summed E-state index contributed by atoms with van der Waals surface area (Å²) >= 11 is 1.67. The smallest absolute Gasteiger partial charge is 0.224 e. The number of unbranched alkanes of at least 4 members (excludes halogenated alkanes) is 2. The predicted molar refractivity (Wildman–Crippen MR) is 110 cm³/mol. The highest BCUT2D eigenvalue weighted by Crippen LogP contribution is 2.22. The number of hydrogen-bond donors (Lipinski definition) is 1. The number of nitrogens with zero attached hydrogens (tertiary/aromatic N) is 2. The number of aromatic nitrogens is 1. The molecule has 0 bridgehead atoms. The molecule has 6 heteroatoms. The van der Waals surface area contributed by atoms with Crippen LogP contribution >= 0.6 is 23.7 Å². The summed E-state index contributed by atoms with van der Waals surface area (Å²) in [6, 6.07) is 8.07. The van der Waals surface area contributed by atoms with Crippen molar-refractivity contribution in [2.45, 2.75) is 53.0 Å². The highest BCUT2D eigenvalue weighted by atomic mass is 35.5. The van der Waals surface area contributed by atoms with Crippen molar-refractivity contribution >= 4 is 35.3 Å². The summed E-state index contributed by atoms with van der Waals surface area (Å²) < 4.78 is 2.23. The standard InChI is InChI=1S/C19H27N3OS.ClH/c1-4-7-8-9-18(23)21-16-12-10-15(11-13-16)17-14-24-19(20-5-2)22(17)6-3;/h10-14H,4-9H2,1-3H3,(H,21,23);1H. The number of carbonyl (C=O) groups excluding carboxylic acids is 1. The van der Waals surface area contributed by atoms with Crippen LogP contribution in [0.15, 0.2) is 34.6 Å². The third-order valence-corrected chi connectivity index (χ3v) is 4.78. The number of halogens is 1. The minimum absolute atomic E-state index is 0. The molecule has 0 aliphatic heterocycles. The molecular formula is C19H28ClN3OS. The highest BCUT2D eigenvalue weighted by molar-refractivity contribution is 7.07. The number of anilines is 1. The zero-order valence-electron chi connectivity index (χ0n) is 15.2. The van der Waals surface area contributed by atoms with Crippen LogP contribution in [0.3, 0.4) is 0 Å². The fourth-order valence-corrected chi connectivity index (χ4v) is 3.65. The van der Waals surface area contributed by atoms with Crippen LogP contribution in [0.1, 0.15) is 46.5 Å². The van der Waals surface area contributed by atoms with Gasteiger partial charge in [0.15, 0.2) is 4.80 Å². The zero-order valence-corrected chi connectivity index (χ0v) is 16.9. The molecule has 25 heavy (non-hydrogen) atoms. The summed E-state index contributed by atoms with van der Waals surface area (Å²) in [5.74, 6) is 0.0967. The van der Waals surface area contributed by atoms with E-state index >= 15 is 0 Å². The normalized spacial score (nSPS) is 11.2. The molecule has 2 rings (SSSR count). The van der Waals surface area contributed by atoms with Crippen LogP contribution < -0.4 is 10.1 Å². The van der Waals surface area contributed by atoms with Crippen molar-refractivity contribution in [1.82, 2.24) is 4.57 Å². The van der Waals surface area contributed by atoms with Crippen LogP contribution in [0.2, 0.25) is 0 Å². The molecular weight excluding hydrogens is 354 g/mol. The quantitative estimate of drug-likeness (QED) is 0.635. The lowest BCUT2D eigenvalue weighted by molar-refractivity contribution is -0.116. The maximum absolute atomic E-state index is 11.9. The van der Waals surface area contributed by atoms with Crippen molar-refractivity contribution in [2.24, 2.45) is 4.99 Å². The molecule has 1 amide bonds. The molecule has 0 radical (unpaired) electrons. The molecule has 0 saturated carbocycles. The molecule has 2 aromatic rings. The van der Waals surface area contributed by atoms with Crippen LogP contribution in [0.25, 0.3) is 11.3 Å². The number of rotatable bonds is 8. The van der Waals surface area contributed by atoms with Gasteiger partial charge in [-0.2, -0.15) is 0 Å². The average Bonchev–Trinajstić information content (AvgIpc) is 2.99. The summed E-state index contributed by atoms with van der Waals surface area (Å²) in [7, 11) is 0. The second kappa shape index (κ2) is 11.1. The largest absolute Gasteiger partial charge is 0.326 e. The van der Waals surface area contributed by atoms with Gasteiger partial charge < -0.3 is 9.88 Å². The predicted octanol–water partition coefficient (Wildman–Crippen LogP) is 5.10. The average molecular weight is 382 g/mol. The number of thiazole rings is 1. The molecule has 1 heterocycles. The molecule has 138 valence electrons. The fourth-order valence-electron chi connectivity index (χ4n) is 2.61. The minimum atomic E-state index is 0. The first-order valence-corrected chi connectivity index (χ1v) is 9.66. The van der Waals surface area contributed by atoms with Gasteiger partial charge in [-0.15, -0.1) is 23.7 Å². The number of amides is 1. The number of carbonyl (C=O) groups is 1. The maximum atomic E-state index is 11.9. The molecule has 1 aromatic heterocycles. The molecule has 4 nitrogen and oxygen atoms in total. The zero-order chi connectivity index (χ0) is 17.4. The Kier molecular flexibility index (Phi) is 9.53. The third-order valence-electron chi connectivity index (χ3n) is 3.88. The third kappa shape index (κ3) is 6.01. The van der Waals surface area contributed by atoms with E-state index in [4.69, 9.17) is 0 Å². The van der Waals surface area contributed by atoms with E-state index < -0.39 is 0 Å². The summed E-state index contributed by atoms with van der Waals surface area (Å²) in [5, 5.41) is 5.12. The van der Waals surface area contributed by atoms with Gasteiger partial charge in [-0.25, -0.2) is 0 Å². The Bertz CT molecular complexity index is 719. The van der Waals surface area contributed by atoms with E-state index in [1.54, 1.807) is 11.3 Å². The first kappa shape index (κ1) is 21.5. The van der Waals surface area contributed by atoms with E-state index in [-0.39, 0.29) is 18.3 Å². The monoisotopic (exact) mass is 381 g/mol. The second-order valence-electron chi connectivity index (χ2n) is 5.70. The SMILES string of the molecule is CCCCCC(=O)Nc1ccc(-c2csc(=NCC)n2CC)cc1.Cl. The lowest BCUT2D eigenvalue weighted by Gasteiger charge is -2.08. The summed E-state index contributed by atoms with van der Waals surface area (Å²) in [4.78, 5) is 17.5. The molecule has 1 aromatic carbocycles. The van der Waals surface area contributed by atoms with Crippen LogP contribution in [-0.2, 0) is 11.3 Å². The van der Waals surface area contributed by atoms with E-state index in [9.17, 15) is 4.79 Å². The summed E-state index contributed by atoms with van der Waals surface area (Å²) in [6.07, 6.45) is 3.78. The van der Waals surface area contributed by atoms with Crippen LogP contribution in [0.5, 0.6) is 0 Å². The Hall–Kier alpha value is -1.59. The number of benzene rings is 1. The molecule has 0 aliphatic carbocycles. The van der Waals surface area contributed by atoms with Gasteiger partial charge in [-0.1, -0.05) is 31.9 Å². The Balaban J connectivity index is 0.00000312. The van der Waals surface area contributed by atoms with Gasteiger partial charge in [0.2, 0.25) is 5.91 Å². The fraction of sp³-hybridized carbons (Fsp3) is 0.474. The van der Waals surface area contributed by atoms with Gasteiger partial charge in [0, 0.05) is 30.6 Å². The van der Waals surface area contributed by atoms with Crippen LogP contribution in [-0.4, -0.2) is 17.0 Å². The van der Waals surface area contributed by atoms with Crippen molar-refractivity contribution in [1.29, 1.82) is 0 Å². The van der Waals surface area contributed by atoms with E-state index in [1.165, 1.54) is 5.69 Å². The molecule has 0 fully saturated rings. The second-order valence-corrected chi connectivity index (χ2v) is 6.54. The Morgan fingerprint density at radius 2 is 1.88 bits per heavy atom. The molecule has 0 aliphatic rings. The van der Waals surface area contributed by atoms with Crippen molar-refractivity contribution in [2.75, 3.05) is 11.9 Å². The van der Waals surface area contributed by atoms with Gasteiger partial charge in [0.1, 0.15) is 0 Å². The van der Waals surface area contributed by atoms with Gasteiger partial charge >= 0.3 is 0 Å². The van der Waals surface area contributed by atoms with Crippen LogP contribution in [0, 0.1) is 0 Å². The lowest BCUT2D eigenvalue weighted by Crippen LogP contribution is -2.15. The number of hydrogen-bond acceptors (Lipinski definition) is 3. The molecule has 0 spiro atoms. The minimum Gasteiger partial charge on any atom is -0.326 e. The molecule has 0 atom stereocenters. The summed E-state index contributed by atoms with van der Waals surface area (Å²) in [6.45, 7) is 8.02. The van der Waals surface area contributed by atoms with E-state index in [0.717, 1.165) is 48.4 Å². The lowest BCUT2D eigenvalue weighted by atomic mass is 10.1. The van der Waals surface area contributed by atoms with Gasteiger partial charge in [-0.05, 0) is 38.0 Å². The van der Waals surface area contributed by atoms with E-state index in [0.29, 0.717) is 6.42 Å². The van der Waals surface area contributed by atoms with Crippen molar-refractivity contribution in [3.05, 3.63) is 34.4 Å². The first-order chi connectivity index (χ1) is 11.7. The maximum Gasteiger partial charge on any atom is 0.224 e. The van der Waals surface area contributed by atoms with E-state index in [1.807, 2.05) is 12.1 Å². The Morgan fingerprint density at radius 3 is 2.48 bits per heavy atom. The highest BCUT2D eigenvalue weighted by Gasteiger charge is 2.07. The van der Waals surface area contributed by atoms with Gasteiger partial charge in [-0.3, -0.25) is 9.79 Å². The van der Waals surface area contributed by atoms with Crippen molar-refractivity contribution < 1.29 is 4.79 Å². The van der Waals surface area contributed by atoms with Crippen molar-refractivity contribution in [3.63, 3.8) is 0 Å². The van der Waals surface area contributed by atoms with Gasteiger partial charge in [0.05, 0.1) is 5.69 Å². The number of nitrogens with one attached hydrogen (secondary N) is 1. The molecule has 1 N–H and O–H groups in total. The topological polar surface area (TPSA) is 46.4 Å². The van der Waals surface area contributed by atoms with Crippen LogP contribution in [0.4, 0.5) is 5.69 Å². The molecule has 0 unspecified atom stereocenters.